The Balaban J connectivity index is 2.17. The lowest BCUT2D eigenvalue weighted by molar-refractivity contribution is 0.0963. The second kappa shape index (κ2) is 6.30. The molecule has 3 N–H and O–H groups in total. The molecule has 4 nitrogen and oxygen atoms in total. The lowest BCUT2D eigenvalue weighted by atomic mass is 10.1. The van der Waals surface area contributed by atoms with E-state index in [1.165, 1.54) is 0 Å². The number of aromatic hydroxyl groups is 1. The van der Waals surface area contributed by atoms with E-state index in [-0.39, 0.29) is 11.7 Å². The highest BCUT2D eigenvalue weighted by atomic mass is 35.5. The molecule has 20 heavy (non-hydrogen) atoms. The van der Waals surface area contributed by atoms with Crippen molar-refractivity contribution in [3.05, 3.63) is 58.6 Å². The summed E-state index contributed by atoms with van der Waals surface area (Å²) in [7, 11) is 1.58. The van der Waals surface area contributed by atoms with Gasteiger partial charge in [-0.05, 0) is 24.3 Å². The molecule has 1 amide bonds. The molecule has 2 rings (SSSR count). The number of phenolic OH excluding ortho intramolecular Hbond substituents is 1. The number of carbonyl (C=O) groups is 1. The van der Waals surface area contributed by atoms with Crippen LogP contribution in [0.2, 0.25) is 5.02 Å². The van der Waals surface area contributed by atoms with Crippen molar-refractivity contribution in [2.45, 2.75) is 6.54 Å². The van der Waals surface area contributed by atoms with Crippen molar-refractivity contribution >= 4 is 23.2 Å². The zero-order valence-corrected chi connectivity index (χ0v) is 11.7. The number of benzene rings is 2. The molecule has 0 saturated carbocycles. The summed E-state index contributed by atoms with van der Waals surface area (Å²) < 4.78 is 0. The predicted molar refractivity (Wildman–Crippen MR) is 80.3 cm³/mol. The highest BCUT2D eigenvalue weighted by molar-refractivity contribution is 6.33. The smallest absolute Gasteiger partial charge is 0.251 e. The van der Waals surface area contributed by atoms with Crippen LogP contribution in [-0.4, -0.2) is 18.1 Å². The second-order valence-corrected chi connectivity index (χ2v) is 4.66. The van der Waals surface area contributed by atoms with Crippen molar-refractivity contribution in [2.24, 2.45) is 0 Å². The minimum absolute atomic E-state index is 0.174. The SMILES string of the molecule is CNC(=O)c1ccc(Cl)c(NCc2ccccc2O)c1. The monoisotopic (exact) mass is 290 g/mol. The molecule has 0 aliphatic rings. The Bertz CT molecular complexity index is 629. The number of para-hydroxylation sites is 1. The molecule has 0 aromatic heterocycles. The van der Waals surface area contributed by atoms with Crippen molar-refractivity contribution in [3.8, 4) is 5.75 Å². The van der Waals surface area contributed by atoms with Crippen LogP contribution in [-0.2, 0) is 6.54 Å². The average molecular weight is 291 g/mol. The first-order valence-electron chi connectivity index (χ1n) is 6.14. The number of halogens is 1. The van der Waals surface area contributed by atoms with Gasteiger partial charge >= 0.3 is 0 Å². The normalized spacial score (nSPS) is 10.1. The van der Waals surface area contributed by atoms with Gasteiger partial charge in [-0.25, -0.2) is 0 Å². The van der Waals surface area contributed by atoms with Gasteiger partial charge in [0.05, 0.1) is 10.7 Å². The van der Waals surface area contributed by atoms with Crippen LogP contribution in [0.15, 0.2) is 42.5 Å². The first kappa shape index (κ1) is 14.2. The summed E-state index contributed by atoms with van der Waals surface area (Å²) >= 11 is 6.09. The van der Waals surface area contributed by atoms with E-state index in [4.69, 9.17) is 11.6 Å². The van der Waals surface area contributed by atoms with Crippen LogP contribution in [0.25, 0.3) is 0 Å². The number of hydrogen-bond donors (Lipinski definition) is 3. The molecule has 0 spiro atoms. The Hall–Kier alpha value is -2.20. The van der Waals surface area contributed by atoms with E-state index in [1.54, 1.807) is 37.4 Å². The zero-order chi connectivity index (χ0) is 14.5. The Morgan fingerprint density at radius 2 is 2.00 bits per heavy atom. The first-order valence-corrected chi connectivity index (χ1v) is 6.52. The Morgan fingerprint density at radius 3 is 2.70 bits per heavy atom. The summed E-state index contributed by atoms with van der Waals surface area (Å²) in [6.07, 6.45) is 0. The zero-order valence-electron chi connectivity index (χ0n) is 11.0. The quantitative estimate of drug-likeness (QED) is 0.811. The maximum Gasteiger partial charge on any atom is 0.251 e. The van der Waals surface area contributed by atoms with E-state index < -0.39 is 0 Å². The second-order valence-electron chi connectivity index (χ2n) is 4.26. The molecule has 0 saturated heterocycles. The van der Waals surface area contributed by atoms with Crippen LogP contribution in [0.4, 0.5) is 5.69 Å². The van der Waals surface area contributed by atoms with E-state index in [2.05, 4.69) is 10.6 Å². The molecule has 2 aromatic carbocycles. The number of phenols is 1. The summed E-state index contributed by atoms with van der Waals surface area (Å²) in [5.74, 6) is 0.0471. The Labute approximate surface area is 122 Å². The molecule has 2 aromatic rings. The fourth-order valence-corrected chi connectivity index (χ4v) is 1.98. The van der Waals surface area contributed by atoms with Crippen LogP contribution in [0.5, 0.6) is 5.75 Å². The van der Waals surface area contributed by atoms with Crippen LogP contribution < -0.4 is 10.6 Å². The highest BCUT2D eigenvalue weighted by Crippen LogP contribution is 2.25. The maximum absolute atomic E-state index is 11.6. The standard InChI is InChI=1S/C15H15ClN2O2/c1-17-15(20)10-6-7-12(16)13(8-10)18-9-11-4-2-3-5-14(11)19/h2-8,18-19H,9H2,1H3,(H,17,20). The minimum Gasteiger partial charge on any atom is -0.508 e. The molecule has 0 aliphatic heterocycles. The van der Waals surface area contributed by atoms with Crippen LogP contribution in [0.1, 0.15) is 15.9 Å². The Morgan fingerprint density at radius 1 is 1.25 bits per heavy atom. The van der Waals surface area contributed by atoms with Gasteiger partial charge in [-0.3, -0.25) is 4.79 Å². The van der Waals surface area contributed by atoms with Gasteiger partial charge in [-0.1, -0.05) is 29.8 Å². The summed E-state index contributed by atoms with van der Waals surface area (Å²) in [5.41, 5.74) is 1.93. The number of nitrogens with one attached hydrogen (secondary N) is 2. The number of carbonyl (C=O) groups excluding carboxylic acids is 1. The molecule has 0 unspecified atom stereocenters. The molecule has 0 atom stereocenters. The lowest BCUT2D eigenvalue weighted by Gasteiger charge is -2.11. The van der Waals surface area contributed by atoms with Gasteiger partial charge in [-0.2, -0.15) is 0 Å². The average Bonchev–Trinajstić information content (AvgIpc) is 2.47. The lowest BCUT2D eigenvalue weighted by Crippen LogP contribution is -2.17. The van der Waals surface area contributed by atoms with Crippen LogP contribution >= 0.6 is 11.6 Å². The molecule has 5 heteroatoms. The molecule has 0 bridgehead atoms. The fraction of sp³-hybridized carbons (Fsp3) is 0.133. The van der Waals surface area contributed by atoms with Crippen molar-refractivity contribution in [1.29, 1.82) is 0 Å². The Kier molecular flexibility index (Phi) is 4.48. The predicted octanol–water partition coefficient (Wildman–Crippen LogP) is 3.02. The summed E-state index contributed by atoms with van der Waals surface area (Å²) in [6.45, 7) is 0.420. The van der Waals surface area contributed by atoms with Gasteiger partial charge in [0.2, 0.25) is 0 Å². The molecule has 0 fully saturated rings. The fourth-order valence-electron chi connectivity index (χ4n) is 1.80. The molecular formula is C15H15ClN2O2. The van der Waals surface area contributed by atoms with Crippen molar-refractivity contribution in [2.75, 3.05) is 12.4 Å². The summed E-state index contributed by atoms with van der Waals surface area (Å²) in [5, 5.41) is 15.9. The number of rotatable bonds is 4. The molecule has 0 heterocycles. The first-order chi connectivity index (χ1) is 9.61. The highest BCUT2D eigenvalue weighted by Gasteiger charge is 2.08. The summed E-state index contributed by atoms with van der Waals surface area (Å²) in [6, 6.07) is 12.1. The number of anilines is 1. The molecule has 0 radical (unpaired) electrons. The van der Waals surface area contributed by atoms with Gasteiger partial charge in [0.25, 0.3) is 5.91 Å². The van der Waals surface area contributed by atoms with Crippen molar-refractivity contribution in [1.82, 2.24) is 5.32 Å². The third-order valence-electron chi connectivity index (χ3n) is 2.92. The molecular weight excluding hydrogens is 276 g/mol. The van der Waals surface area contributed by atoms with E-state index in [0.717, 1.165) is 5.56 Å². The third-order valence-corrected chi connectivity index (χ3v) is 3.25. The number of amides is 1. The van der Waals surface area contributed by atoms with Gasteiger partial charge in [0.1, 0.15) is 5.75 Å². The van der Waals surface area contributed by atoms with E-state index in [0.29, 0.717) is 22.8 Å². The van der Waals surface area contributed by atoms with Crippen LogP contribution in [0, 0.1) is 0 Å². The van der Waals surface area contributed by atoms with Gasteiger partial charge in [0, 0.05) is 24.7 Å². The minimum atomic E-state index is -0.174. The van der Waals surface area contributed by atoms with E-state index in [1.807, 2.05) is 12.1 Å². The van der Waals surface area contributed by atoms with Gasteiger partial charge in [0.15, 0.2) is 0 Å². The van der Waals surface area contributed by atoms with Gasteiger partial charge < -0.3 is 15.7 Å². The van der Waals surface area contributed by atoms with E-state index in [9.17, 15) is 9.90 Å². The third kappa shape index (κ3) is 3.22. The number of hydrogen-bond acceptors (Lipinski definition) is 3. The maximum atomic E-state index is 11.6. The largest absolute Gasteiger partial charge is 0.508 e. The van der Waals surface area contributed by atoms with Gasteiger partial charge in [-0.15, -0.1) is 0 Å². The van der Waals surface area contributed by atoms with E-state index >= 15 is 0 Å². The molecule has 0 aliphatic carbocycles. The summed E-state index contributed by atoms with van der Waals surface area (Å²) in [4.78, 5) is 11.6. The molecule has 104 valence electrons. The van der Waals surface area contributed by atoms with Crippen LogP contribution in [0.3, 0.4) is 0 Å². The van der Waals surface area contributed by atoms with Crippen molar-refractivity contribution in [3.63, 3.8) is 0 Å². The van der Waals surface area contributed by atoms with Crippen molar-refractivity contribution < 1.29 is 9.90 Å². The topological polar surface area (TPSA) is 61.4 Å².